The number of rotatable bonds is 5. The maximum absolute atomic E-state index is 11.9. The van der Waals surface area contributed by atoms with Gasteiger partial charge in [0.25, 0.3) is 0 Å². The zero-order valence-corrected chi connectivity index (χ0v) is 13.8. The average Bonchev–Trinajstić information content (AvgIpc) is 2.54. The summed E-state index contributed by atoms with van der Waals surface area (Å²) in [5.41, 5.74) is 0.272. The molecule has 0 aliphatic carbocycles. The number of methoxy groups -OCH3 is 3. The van der Waals surface area contributed by atoms with E-state index < -0.39 is 5.97 Å². The van der Waals surface area contributed by atoms with Crippen LogP contribution in [0.3, 0.4) is 0 Å². The summed E-state index contributed by atoms with van der Waals surface area (Å²) in [6, 6.07) is 8.31. The summed E-state index contributed by atoms with van der Waals surface area (Å²) in [4.78, 5) is 16.0. The fourth-order valence-corrected chi connectivity index (χ4v) is 2.25. The maximum Gasteiger partial charge on any atom is 0.342 e. The number of carbonyl (C=O) groups excluding carboxylic acids is 1. The van der Waals surface area contributed by atoms with Crippen molar-refractivity contribution in [1.82, 2.24) is 4.98 Å². The van der Waals surface area contributed by atoms with Crippen LogP contribution in [0.15, 0.2) is 34.8 Å². The third-order valence-corrected chi connectivity index (χ3v) is 3.44. The molecule has 2 rings (SSSR count). The molecule has 0 atom stereocenters. The normalized spacial score (nSPS) is 10.0. The van der Waals surface area contributed by atoms with Gasteiger partial charge in [-0.3, -0.25) is 0 Å². The van der Waals surface area contributed by atoms with Crippen molar-refractivity contribution >= 4 is 21.9 Å². The van der Waals surface area contributed by atoms with Crippen LogP contribution in [0.4, 0.5) is 0 Å². The van der Waals surface area contributed by atoms with Crippen molar-refractivity contribution in [1.29, 1.82) is 0 Å². The third-order valence-electron chi connectivity index (χ3n) is 2.78. The molecule has 0 amide bonds. The van der Waals surface area contributed by atoms with Gasteiger partial charge in [0.2, 0.25) is 11.8 Å². The number of halogens is 1. The molecule has 0 bridgehead atoms. The van der Waals surface area contributed by atoms with Crippen LogP contribution in [0.5, 0.6) is 23.3 Å². The Morgan fingerprint density at radius 2 is 1.82 bits per heavy atom. The van der Waals surface area contributed by atoms with Gasteiger partial charge in [-0.05, 0) is 28.1 Å². The molecule has 0 unspecified atom stereocenters. The molecule has 22 heavy (non-hydrogen) atoms. The van der Waals surface area contributed by atoms with Gasteiger partial charge in [-0.15, -0.1) is 0 Å². The number of pyridine rings is 1. The highest BCUT2D eigenvalue weighted by Gasteiger charge is 2.18. The van der Waals surface area contributed by atoms with E-state index in [1.807, 2.05) is 0 Å². The Bertz CT molecular complexity index is 667. The number of nitrogens with zero attached hydrogens (tertiary/aromatic N) is 1. The van der Waals surface area contributed by atoms with Gasteiger partial charge in [0, 0.05) is 16.6 Å². The Morgan fingerprint density at radius 1 is 1.09 bits per heavy atom. The Kier molecular flexibility index (Phi) is 5.21. The van der Waals surface area contributed by atoms with Crippen LogP contribution in [0.1, 0.15) is 10.4 Å². The second kappa shape index (κ2) is 7.13. The topological polar surface area (TPSA) is 66.9 Å². The summed E-state index contributed by atoms with van der Waals surface area (Å²) in [5, 5.41) is 0. The van der Waals surface area contributed by atoms with Gasteiger partial charge >= 0.3 is 5.97 Å². The first-order valence-electron chi connectivity index (χ1n) is 6.23. The van der Waals surface area contributed by atoms with Crippen LogP contribution >= 0.6 is 15.9 Å². The second-order valence-electron chi connectivity index (χ2n) is 4.09. The molecule has 1 aromatic carbocycles. The lowest BCUT2D eigenvalue weighted by Crippen LogP contribution is -2.05. The van der Waals surface area contributed by atoms with Gasteiger partial charge in [0.15, 0.2) is 0 Å². The highest BCUT2D eigenvalue weighted by atomic mass is 79.9. The summed E-state index contributed by atoms with van der Waals surface area (Å²) >= 11 is 3.31. The Labute approximate surface area is 136 Å². The highest BCUT2D eigenvalue weighted by molar-refractivity contribution is 9.10. The smallest absolute Gasteiger partial charge is 0.342 e. The highest BCUT2D eigenvalue weighted by Crippen LogP contribution is 2.32. The molecule has 0 radical (unpaired) electrons. The molecule has 0 N–H and O–H groups in total. The largest absolute Gasteiger partial charge is 0.496 e. The van der Waals surface area contributed by atoms with Crippen molar-refractivity contribution in [2.45, 2.75) is 0 Å². The molecule has 0 aliphatic heterocycles. The maximum atomic E-state index is 11.9. The van der Waals surface area contributed by atoms with Crippen molar-refractivity contribution in [2.75, 3.05) is 21.3 Å². The molecule has 0 aliphatic rings. The number of hydrogen-bond acceptors (Lipinski definition) is 6. The minimum atomic E-state index is -0.516. The van der Waals surface area contributed by atoms with Crippen molar-refractivity contribution in [2.24, 2.45) is 0 Å². The average molecular weight is 368 g/mol. The molecule has 1 aromatic heterocycles. The number of benzene rings is 1. The van der Waals surface area contributed by atoms with Crippen LogP contribution < -0.4 is 14.2 Å². The van der Waals surface area contributed by atoms with Gasteiger partial charge < -0.3 is 18.9 Å². The lowest BCUT2D eigenvalue weighted by atomic mass is 10.2. The van der Waals surface area contributed by atoms with E-state index in [9.17, 15) is 4.79 Å². The van der Waals surface area contributed by atoms with Gasteiger partial charge in [0.05, 0.1) is 21.3 Å². The molecule has 6 nitrogen and oxygen atoms in total. The molecule has 1 heterocycles. The van der Waals surface area contributed by atoms with Crippen LogP contribution in [-0.2, 0) is 4.74 Å². The molecule has 2 aromatic rings. The molecule has 0 fully saturated rings. The van der Waals surface area contributed by atoms with E-state index in [0.29, 0.717) is 21.9 Å². The number of esters is 1. The summed E-state index contributed by atoms with van der Waals surface area (Å²) in [5.74, 6) is 0.890. The number of ether oxygens (including phenoxy) is 4. The molecule has 0 saturated carbocycles. The summed E-state index contributed by atoms with van der Waals surface area (Å²) in [6.45, 7) is 0. The summed E-state index contributed by atoms with van der Waals surface area (Å²) in [7, 11) is 4.32. The van der Waals surface area contributed by atoms with Crippen molar-refractivity contribution in [3.05, 3.63) is 40.4 Å². The van der Waals surface area contributed by atoms with E-state index in [1.165, 1.54) is 21.3 Å². The number of carbonyl (C=O) groups is 1. The monoisotopic (exact) mass is 367 g/mol. The SMILES string of the molecule is COC(=O)c1c(Br)cccc1Oc1cc(OC)cc(OC)n1. The lowest BCUT2D eigenvalue weighted by molar-refractivity contribution is 0.0597. The molecular weight excluding hydrogens is 354 g/mol. The quantitative estimate of drug-likeness (QED) is 0.754. The zero-order chi connectivity index (χ0) is 16.1. The lowest BCUT2D eigenvalue weighted by Gasteiger charge is -2.12. The van der Waals surface area contributed by atoms with E-state index in [4.69, 9.17) is 18.9 Å². The Balaban J connectivity index is 2.43. The first-order chi connectivity index (χ1) is 10.6. The van der Waals surface area contributed by atoms with Crippen molar-refractivity contribution in [3.63, 3.8) is 0 Å². The first kappa shape index (κ1) is 16.1. The number of aromatic nitrogens is 1. The standard InChI is InChI=1S/C15H14BrNO5/c1-19-9-7-12(20-2)17-13(8-9)22-11-6-4-5-10(16)14(11)15(18)21-3/h4-8H,1-3H3. The van der Waals surface area contributed by atoms with Crippen LogP contribution in [0.25, 0.3) is 0 Å². The predicted octanol–water partition coefficient (Wildman–Crippen LogP) is 3.44. The van der Waals surface area contributed by atoms with Crippen LogP contribution in [0, 0.1) is 0 Å². The van der Waals surface area contributed by atoms with Crippen LogP contribution in [-0.4, -0.2) is 32.3 Å². The molecule has 7 heteroatoms. The Morgan fingerprint density at radius 3 is 2.45 bits per heavy atom. The van der Waals surface area contributed by atoms with E-state index in [2.05, 4.69) is 20.9 Å². The van der Waals surface area contributed by atoms with Crippen molar-refractivity contribution < 1.29 is 23.7 Å². The van der Waals surface area contributed by atoms with Gasteiger partial charge in [-0.2, -0.15) is 4.98 Å². The summed E-state index contributed by atoms with van der Waals surface area (Å²) < 4.78 is 21.3. The van der Waals surface area contributed by atoms with E-state index in [1.54, 1.807) is 30.3 Å². The van der Waals surface area contributed by atoms with E-state index in [0.717, 1.165) is 0 Å². The zero-order valence-electron chi connectivity index (χ0n) is 12.3. The molecule has 0 spiro atoms. The first-order valence-corrected chi connectivity index (χ1v) is 7.03. The van der Waals surface area contributed by atoms with Gasteiger partial charge in [0.1, 0.15) is 17.1 Å². The molecular formula is C15H14BrNO5. The minimum Gasteiger partial charge on any atom is -0.496 e. The fourth-order valence-electron chi connectivity index (χ4n) is 1.74. The fraction of sp³-hybridized carbons (Fsp3) is 0.200. The number of hydrogen-bond donors (Lipinski definition) is 0. The van der Waals surface area contributed by atoms with Crippen LogP contribution in [0.2, 0.25) is 0 Å². The van der Waals surface area contributed by atoms with Gasteiger partial charge in [-0.25, -0.2) is 4.79 Å². The minimum absolute atomic E-state index is 0.236. The van der Waals surface area contributed by atoms with E-state index >= 15 is 0 Å². The van der Waals surface area contributed by atoms with Gasteiger partial charge in [-0.1, -0.05) is 6.07 Å². The molecule has 116 valence electrons. The molecule has 0 saturated heterocycles. The Hall–Kier alpha value is -2.28. The van der Waals surface area contributed by atoms with E-state index in [-0.39, 0.29) is 11.4 Å². The summed E-state index contributed by atoms with van der Waals surface area (Å²) in [6.07, 6.45) is 0. The third kappa shape index (κ3) is 3.48. The predicted molar refractivity (Wildman–Crippen MR) is 82.9 cm³/mol. The van der Waals surface area contributed by atoms with Crippen molar-refractivity contribution in [3.8, 4) is 23.3 Å². The second-order valence-corrected chi connectivity index (χ2v) is 4.95.